The van der Waals surface area contributed by atoms with Crippen LogP contribution >= 0.6 is 15.9 Å². The number of aryl methyl sites for hydroxylation is 1. The lowest BCUT2D eigenvalue weighted by Crippen LogP contribution is -1.96. The minimum absolute atomic E-state index is 0.404. The summed E-state index contributed by atoms with van der Waals surface area (Å²) in [5.41, 5.74) is 0.909. The van der Waals surface area contributed by atoms with E-state index in [9.17, 15) is 0 Å². The van der Waals surface area contributed by atoms with E-state index < -0.39 is 0 Å². The molecule has 0 aliphatic carbocycles. The molecule has 2 rings (SSSR count). The van der Waals surface area contributed by atoms with Crippen LogP contribution in [0.3, 0.4) is 0 Å². The Balaban J connectivity index is 2.02. The Morgan fingerprint density at radius 3 is 2.93 bits per heavy atom. The van der Waals surface area contributed by atoms with Gasteiger partial charge in [-0.15, -0.1) is 0 Å². The average Bonchev–Trinajstić information content (AvgIpc) is 2.73. The molecule has 0 fully saturated rings. The first-order valence-electron chi connectivity index (χ1n) is 4.54. The molecule has 78 valence electrons. The number of rotatable bonds is 3. The predicted octanol–water partition coefficient (Wildman–Crippen LogP) is 3.32. The lowest BCUT2D eigenvalue weighted by Gasteiger charge is -2.04. The molecule has 0 bridgehead atoms. The molecule has 0 aliphatic heterocycles. The van der Waals surface area contributed by atoms with E-state index in [0.29, 0.717) is 12.5 Å². The number of pyridine rings is 1. The summed E-state index contributed by atoms with van der Waals surface area (Å²) in [5, 5.41) is 0. The van der Waals surface area contributed by atoms with Crippen molar-refractivity contribution < 1.29 is 9.15 Å². The first kappa shape index (κ1) is 10.2. The zero-order valence-electron chi connectivity index (χ0n) is 8.24. The van der Waals surface area contributed by atoms with Crippen LogP contribution < -0.4 is 4.74 Å². The molecule has 2 aromatic rings. The van der Waals surface area contributed by atoms with Gasteiger partial charge in [0.2, 0.25) is 5.88 Å². The van der Waals surface area contributed by atoms with Crippen LogP contribution in [0.15, 0.2) is 39.4 Å². The fourth-order valence-electron chi connectivity index (χ4n) is 1.14. The number of halogens is 1. The molecule has 0 atom stereocenters. The summed E-state index contributed by atoms with van der Waals surface area (Å²) >= 11 is 3.38. The van der Waals surface area contributed by atoms with Gasteiger partial charge in [-0.05, 0) is 41.1 Å². The highest BCUT2D eigenvalue weighted by atomic mass is 79.9. The van der Waals surface area contributed by atoms with Crippen LogP contribution in [0.5, 0.6) is 5.88 Å². The number of nitrogens with zero attached hydrogens (tertiary/aromatic N) is 1. The van der Waals surface area contributed by atoms with E-state index in [4.69, 9.17) is 9.15 Å². The van der Waals surface area contributed by atoms with Crippen molar-refractivity contribution in [3.8, 4) is 5.88 Å². The molecule has 0 N–H and O–H groups in total. The fourth-order valence-corrected chi connectivity index (χ4v) is 1.36. The van der Waals surface area contributed by atoms with Crippen LogP contribution in [0, 0.1) is 6.92 Å². The van der Waals surface area contributed by atoms with Gasteiger partial charge in [0.15, 0.2) is 0 Å². The summed E-state index contributed by atoms with van der Waals surface area (Å²) in [6.07, 6.45) is 1.62. The lowest BCUT2D eigenvalue weighted by molar-refractivity contribution is 0.260. The molecule has 15 heavy (non-hydrogen) atoms. The highest BCUT2D eigenvalue weighted by Gasteiger charge is 2.01. The maximum atomic E-state index is 5.46. The van der Waals surface area contributed by atoms with Gasteiger partial charge in [0.05, 0.1) is 12.0 Å². The molecule has 0 radical (unpaired) electrons. The number of hydrogen-bond donors (Lipinski definition) is 0. The zero-order valence-corrected chi connectivity index (χ0v) is 9.82. The van der Waals surface area contributed by atoms with Crippen molar-refractivity contribution in [3.63, 3.8) is 0 Å². The third-order valence-corrected chi connectivity index (χ3v) is 2.78. The van der Waals surface area contributed by atoms with Gasteiger partial charge < -0.3 is 9.15 Å². The first-order valence-corrected chi connectivity index (χ1v) is 5.33. The van der Waals surface area contributed by atoms with Crippen molar-refractivity contribution in [3.05, 3.63) is 46.5 Å². The molecule has 0 unspecified atom stereocenters. The van der Waals surface area contributed by atoms with E-state index in [1.165, 1.54) is 0 Å². The Labute approximate surface area is 96.2 Å². The molecule has 4 heteroatoms. The number of hydrogen-bond acceptors (Lipinski definition) is 3. The molecule has 0 saturated heterocycles. The van der Waals surface area contributed by atoms with Crippen molar-refractivity contribution in [2.45, 2.75) is 13.5 Å². The Morgan fingerprint density at radius 1 is 1.40 bits per heavy atom. The second-order valence-corrected chi connectivity index (χ2v) is 3.94. The summed E-state index contributed by atoms with van der Waals surface area (Å²) in [5.74, 6) is 1.39. The maximum absolute atomic E-state index is 5.46. The average molecular weight is 268 g/mol. The zero-order chi connectivity index (χ0) is 10.7. The second kappa shape index (κ2) is 4.49. The van der Waals surface area contributed by atoms with E-state index in [0.717, 1.165) is 15.9 Å². The van der Waals surface area contributed by atoms with Gasteiger partial charge in [-0.25, -0.2) is 4.98 Å². The third kappa shape index (κ3) is 2.59. The van der Waals surface area contributed by atoms with Gasteiger partial charge in [0.1, 0.15) is 12.4 Å². The minimum atomic E-state index is 0.404. The van der Waals surface area contributed by atoms with E-state index in [1.54, 1.807) is 6.26 Å². The summed E-state index contributed by atoms with van der Waals surface area (Å²) < 4.78 is 11.6. The van der Waals surface area contributed by atoms with Crippen LogP contribution in [-0.2, 0) is 6.61 Å². The van der Waals surface area contributed by atoms with Crippen molar-refractivity contribution in [1.29, 1.82) is 0 Å². The monoisotopic (exact) mass is 267 g/mol. The van der Waals surface area contributed by atoms with Crippen molar-refractivity contribution in [2.75, 3.05) is 0 Å². The molecule has 2 aromatic heterocycles. The van der Waals surface area contributed by atoms with Crippen LogP contribution in [0.4, 0.5) is 0 Å². The van der Waals surface area contributed by atoms with Gasteiger partial charge in [-0.1, -0.05) is 0 Å². The molecule has 0 spiro atoms. The Morgan fingerprint density at radius 2 is 2.27 bits per heavy atom. The molecule has 0 aromatic carbocycles. The topological polar surface area (TPSA) is 35.3 Å². The smallest absolute Gasteiger partial charge is 0.213 e. The normalized spacial score (nSPS) is 10.3. The minimum Gasteiger partial charge on any atom is -0.469 e. The summed E-state index contributed by atoms with van der Waals surface area (Å²) in [6.45, 7) is 2.32. The van der Waals surface area contributed by atoms with E-state index in [-0.39, 0.29) is 0 Å². The van der Waals surface area contributed by atoms with Gasteiger partial charge in [-0.2, -0.15) is 0 Å². The fraction of sp³-hybridized carbons (Fsp3) is 0.182. The van der Waals surface area contributed by atoms with Crippen molar-refractivity contribution in [2.24, 2.45) is 0 Å². The lowest BCUT2D eigenvalue weighted by atomic mass is 10.4. The predicted molar refractivity (Wildman–Crippen MR) is 59.7 cm³/mol. The molecule has 3 nitrogen and oxygen atoms in total. The van der Waals surface area contributed by atoms with Crippen molar-refractivity contribution in [1.82, 2.24) is 4.98 Å². The van der Waals surface area contributed by atoms with Gasteiger partial charge in [0, 0.05) is 10.5 Å². The Kier molecular flexibility index (Phi) is 3.06. The molecule has 0 saturated carbocycles. The number of furan rings is 1. The van der Waals surface area contributed by atoms with Crippen LogP contribution in [0.1, 0.15) is 11.5 Å². The van der Waals surface area contributed by atoms with E-state index >= 15 is 0 Å². The first-order chi connectivity index (χ1) is 7.25. The Bertz CT molecular complexity index is 440. The SMILES string of the molecule is Cc1nc(OCc2ccco2)ccc1Br. The highest BCUT2D eigenvalue weighted by molar-refractivity contribution is 9.10. The Hall–Kier alpha value is -1.29. The quantitative estimate of drug-likeness (QED) is 0.856. The molecule has 2 heterocycles. The maximum Gasteiger partial charge on any atom is 0.213 e. The molecular weight excluding hydrogens is 258 g/mol. The standard InChI is InChI=1S/C11H10BrNO2/c1-8-10(12)4-5-11(13-8)15-7-9-3-2-6-14-9/h2-6H,7H2,1H3. The summed E-state index contributed by atoms with van der Waals surface area (Å²) in [7, 11) is 0. The number of ether oxygens (including phenoxy) is 1. The highest BCUT2D eigenvalue weighted by Crippen LogP contribution is 2.18. The van der Waals surface area contributed by atoms with Crippen LogP contribution in [0.2, 0.25) is 0 Å². The summed E-state index contributed by atoms with van der Waals surface area (Å²) in [4.78, 5) is 4.26. The number of aromatic nitrogens is 1. The second-order valence-electron chi connectivity index (χ2n) is 3.08. The summed E-state index contributed by atoms with van der Waals surface area (Å²) in [6, 6.07) is 7.44. The van der Waals surface area contributed by atoms with Gasteiger partial charge >= 0.3 is 0 Å². The van der Waals surface area contributed by atoms with Crippen molar-refractivity contribution >= 4 is 15.9 Å². The molecular formula is C11H10BrNO2. The van der Waals surface area contributed by atoms with Gasteiger partial charge in [0.25, 0.3) is 0 Å². The van der Waals surface area contributed by atoms with E-state index in [1.807, 2.05) is 31.2 Å². The third-order valence-electron chi connectivity index (χ3n) is 1.94. The van der Waals surface area contributed by atoms with E-state index in [2.05, 4.69) is 20.9 Å². The molecule has 0 amide bonds. The largest absolute Gasteiger partial charge is 0.469 e. The van der Waals surface area contributed by atoms with Crippen LogP contribution in [0.25, 0.3) is 0 Å². The van der Waals surface area contributed by atoms with Crippen LogP contribution in [-0.4, -0.2) is 4.98 Å². The molecule has 0 aliphatic rings. The van der Waals surface area contributed by atoms with Gasteiger partial charge in [-0.3, -0.25) is 0 Å².